The zero-order valence-corrected chi connectivity index (χ0v) is 14.2. The van der Waals surface area contributed by atoms with Gasteiger partial charge in [0.25, 0.3) is 5.91 Å². The van der Waals surface area contributed by atoms with Gasteiger partial charge in [-0.1, -0.05) is 30.0 Å². The number of carbonyl (C=O) groups is 1. The number of carbonyl (C=O) groups excluding carboxylic acids is 1. The number of halogens is 1. The van der Waals surface area contributed by atoms with E-state index in [0.29, 0.717) is 5.57 Å². The van der Waals surface area contributed by atoms with Gasteiger partial charge in [-0.2, -0.15) is 11.3 Å². The van der Waals surface area contributed by atoms with E-state index in [2.05, 4.69) is 5.32 Å². The highest BCUT2D eigenvalue weighted by Crippen LogP contribution is 2.27. The summed E-state index contributed by atoms with van der Waals surface area (Å²) in [5.74, 6) is -0.447. The van der Waals surface area contributed by atoms with Crippen LogP contribution in [0, 0.1) is 5.82 Å². The van der Waals surface area contributed by atoms with E-state index in [-0.39, 0.29) is 11.7 Å². The Kier molecular flexibility index (Phi) is 5.46. The molecule has 0 saturated carbocycles. The zero-order chi connectivity index (χ0) is 16.8. The van der Waals surface area contributed by atoms with Crippen LogP contribution in [0.15, 0.2) is 81.7 Å². The maximum Gasteiger partial charge on any atom is 0.256 e. The lowest BCUT2D eigenvalue weighted by molar-refractivity contribution is -0.111. The van der Waals surface area contributed by atoms with Crippen molar-refractivity contribution in [1.82, 2.24) is 0 Å². The number of para-hydroxylation sites is 1. The minimum atomic E-state index is -0.275. The molecule has 0 spiro atoms. The van der Waals surface area contributed by atoms with Crippen LogP contribution in [0.4, 0.5) is 10.1 Å². The quantitative estimate of drug-likeness (QED) is 0.473. The van der Waals surface area contributed by atoms with Gasteiger partial charge in [-0.3, -0.25) is 4.79 Å². The number of anilines is 1. The number of thioether (sulfide) groups is 1. The Hall–Kier alpha value is -2.37. The number of hydrogen-bond donors (Lipinski definition) is 1. The van der Waals surface area contributed by atoms with Gasteiger partial charge >= 0.3 is 0 Å². The zero-order valence-electron chi connectivity index (χ0n) is 12.6. The first-order chi connectivity index (χ1) is 11.7. The van der Waals surface area contributed by atoms with Gasteiger partial charge in [-0.05, 0) is 64.2 Å². The van der Waals surface area contributed by atoms with Gasteiger partial charge in [-0.25, -0.2) is 4.39 Å². The van der Waals surface area contributed by atoms with Crippen LogP contribution in [-0.2, 0) is 4.79 Å². The molecule has 1 heterocycles. The molecule has 2 aromatic carbocycles. The molecule has 0 atom stereocenters. The molecule has 1 N–H and O–H groups in total. The molecule has 5 heteroatoms. The molecule has 0 aliphatic heterocycles. The molecule has 3 aromatic rings. The lowest BCUT2D eigenvalue weighted by Crippen LogP contribution is -2.13. The average molecular weight is 355 g/mol. The number of rotatable bonds is 5. The third-order valence-corrected chi connectivity index (χ3v) is 4.82. The van der Waals surface area contributed by atoms with E-state index < -0.39 is 0 Å². The molecule has 120 valence electrons. The summed E-state index contributed by atoms with van der Waals surface area (Å²) >= 11 is 2.93. The molecule has 0 aliphatic carbocycles. The van der Waals surface area contributed by atoms with Crippen molar-refractivity contribution in [3.05, 3.63) is 88.2 Å². The summed E-state index contributed by atoms with van der Waals surface area (Å²) in [6.07, 6.45) is 0. The summed E-state index contributed by atoms with van der Waals surface area (Å²) in [7, 11) is 0. The van der Waals surface area contributed by atoms with Gasteiger partial charge in [0.15, 0.2) is 0 Å². The highest BCUT2D eigenvalue weighted by molar-refractivity contribution is 8.02. The van der Waals surface area contributed by atoms with Crippen LogP contribution < -0.4 is 5.32 Å². The van der Waals surface area contributed by atoms with Crippen molar-refractivity contribution in [1.29, 1.82) is 0 Å². The lowest BCUT2D eigenvalue weighted by atomic mass is 10.1. The summed E-state index contributed by atoms with van der Waals surface area (Å²) in [6.45, 7) is 0. The Morgan fingerprint density at radius 2 is 1.79 bits per heavy atom. The molecular weight excluding hydrogens is 341 g/mol. The molecule has 0 saturated heterocycles. The Morgan fingerprint density at radius 1 is 1.04 bits per heavy atom. The fraction of sp³-hybridized carbons (Fsp3) is 0. The second-order valence-corrected chi connectivity index (χ2v) is 6.66. The predicted octanol–water partition coefficient (Wildman–Crippen LogP) is 5.66. The largest absolute Gasteiger partial charge is 0.322 e. The first-order valence-electron chi connectivity index (χ1n) is 7.24. The first-order valence-corrected chi connectivity index (χ1v) is 9.06. The number of nitrogens with one attached hydrogen (secondary N) is 1. The van der Waals surface area contributed by atoms with Gasteiger partial charge in [0.1, 0.15) is 5.82 Å². The van der Waals surface area contributed by atoms with Crippen LogP contribution in [0.25, 0.3) is 5.57 Å². The van der Waals surface area contributed by atoms with Crippen molar-refractivity contribution in [3.8, 4) is 0 Å². The molecule has 3 rings (SSSR count). The molecule has 0 bridgehead atoms. The SMILES string of the molecule is O=C(Nc1ccccc1)C(=CSc1ccc(F)cc1)c1ccsc1. The van der Waals surface area contributed by atoms with Crippen LogP contribution in [-0.4, -0.2) is 5.91 Å². The van der Waals surface area contributed by atoms with E-state index in [9.17, 15) is 9.18 Å². The van der Waals surface area contributed by atoms with Crippen molar-refractivity contribution in [3.63, 3.8) is 0 Å². The van der Waals surface area contributed by atoms with Crippen LogP contribution in [0.3, 0.4) is 0 Å². The van der Waals surface area contributed by atoms with Gasteiger partial charge in [-0.15, -0.1) is 0 Å². The second kappa shape index (κ2) is 7.95. The average Bonchev–Trinajstić information content (AvgIpc) is 3.12. The van der Waals surface area contributed by atoms with E-state index >= 15 is 0 Å². The molecule has 1 aromatic heterocycles. The summed E-state index contributed by atoms with van der Waals surface area (Å²) in [4.78, 5) is 13.5. The van der Waals surface area contributed by atoms with Gasteiger partial charge in [0, 0.05) is 10.6 Å². The van der Waals surface area contributed by atoms with Crippen LogP contribution >= 0.6 is 23.1 Å². The van der Waals surface area contributed by atoms with E-state index in [1.807, 2.05) is 47.2 Å². The number of amides is 1. The normalized spacial score (nSPS) is 11.3. The number of thiophene rings is 1. The number of hydrogen-bond acceptors (Lipinski definition) is 3. The standard InChI is InChI=1S/C19H14FNOS2/c20-15-6-8-17(9-7-15)24-13-18(14-10-11-23-12-14)19(22)21-16-4-2-1-3-5-16/h1-13H,(H,21,22). The van der Waals surface area contributed by atoms with Crippen LogP contribution in [0.2, 0.25) is 0 Å². The minimum absolute atomic E-state index is 0.172. The highest BCUT2D eigenvalue weighted by atomic mass is 32.2. The van der Waals surface area contributed by atoms with E-state index in [1.54, 1.807) is 17.5 Å². The first kappa shape index (κ1) is 16.5. The second-order valence-electron chi connectivity index (χ2n) is 4.94. The Morgan fingerprint density at radius 3 is 2.46 bits per heavy atom. The van der Waals surface area contributed by atoms with E-state index in [1.165, 1.54) is 35.2 Å². The molecule has 2 nitrogen and oxygen atoms in total. The maximum atomic E-state index is 13.0. The smallest absolute Gasteiger partial charge is 0.256 e. The molecular formula is C19H14FNOS2. The molecule has 1 amide bonds. The lowest BCUT2D eigenvalue weighted by Gasteiger charge is -2.08. The molecule has 0 aliphatic rings. The topological polar surface area (TPSA) is 29.1 Å². The van der Waals surface area contributed by atoms with E-state index in [4.69, 9.17) is 0 Å². The van der Waals surface area contributed by atoms with Crippen molar-refractivity contribution in [2.45, 2.75) is 4.90 Å². The van der Waals surface area contributed by atoms with Gasteiger partial charge < -0.3 is 5.32 Å². The van der Waals surface area contributed by atoms with Gasteiger partial charge in [0.05, 0.1) is 5.57 Å². The fourth-order valence-corrected chi connectivity index (χ4v) is 3.48. The molecule has 24 heavy (non-hydrogen) atoms. The Bertz CT molecular complexity index is 828. The summed E-state index contributed by atoms with van der Waals surface area (Å²) in [5, 5.41) is 8.56. The highest BCUT2D eigenvalue weighted by Gasteiger charge is 2.13. The Balaban J connectivity index is 1.82. The van der Waals surface area contributed by atoms with Gasteiger partial charge in [0.2, 0.25) is 0 Å². The summed E-state index contributed by atoms with van der Waals surface area (Å²) in [5.41, 5.74) is 2.19. The van der Waals surface area contributed by atoms with Crippen LogP contribution in [0.1, 0.15) is 5.56 Å². The maximum absolute atomic E-state index is 13.0. The summed E-state index contributed by atoms with van der Waals surface area (Å²) in [6, 6.07) is 17.4. The van der Waals surface area contributed by atoms with Crippen molar-refractivity contribution in [2.75, 3.05) is 5.32 Å². The van der Waals surface area contributed by atoms with E-state index in [0.717, 1.165) is 16.1 Å². The molecule has 0 unspecified atom stereocenters. The number of benzene rings is 2. The van der Waals surface area contributed by atoms with Crippen molar-refractivity contribution in [2.24, 2.45) is 0 Å². The van der Waals surface area contributed by atoms with Crippen molar-refractivity contribution >= 4 is 40.3 Å². The van der Waals surface area contributed by atoms with Crippen LogP contribution in [0.5, 0.6) is 0 Å². The molecule has 0 fully saturated rings. The molecule has 0 radical (unpaired) electrons. The third-order valence-electron chi connectivity index (χ3n) is 3.23. The third kappa shape index (κ3) is 4.34. The minimum Gasteiger partial charge on any atom is -0.322 e. The summed E-state index contributed by atoms with van der Waals surface area (Å²) < 4.78 is 13.0. The predicted molar refractivity (Wildman–Crippen MR) is 99.6 cm³/mol. The fourth-order valence-electron chi connectivity index (χ4n) is 2.03. The monoisotopic (exact) mass is 355 g/mol. The van der Waals surface area contributed by atoms with Crippen molar-refractivity contribution < 1.29 is 9.18 Å². The Labute approximate surface area is 148 Å².